The van der Waals surface area contributed by atoms with Crippen LogP contribution in [0.2, 0.25) is 0 Å². The summed E-state index contributed by atoms with van der Waals surface area (Å²) in [6.07, 6.45) is 3.03. The first-order chi connectivity index (χ1) is 11.4. The summed E-state index contributed by atoms with van der Waals surface area (Å²) in [4.78, 5) is 25.3. The van der Waals surface area contributed by atoms with Crippen molar-refractivity contribution in [1.82, 2.24) is 4.57 Å². The van der Waals surface area contributed by atoms with Crippen molar-refractivity contribution in [3.8, 4) is 0 Å². The lowest BCUT2D eigenvalue weighted by atomic mass is 10.1. The Morgan fingerprint density at radius 2 is 1.96 bits per heavy atom. The number of carbonyl (C=O) groups is 1. The van der Waals surface area contributed by atoms with Crippen molar-refractivity contribution >= 4 is 28.8 Å². The van der Waals surface area contributed by atoms with Gasteiger partial charge in [-0.25, -0.2) is 0 Å². The van der Waals surface area contributed by atoms with E-state index in [1.54, 1.807) is 49.5 Å². The Labute approximate surface area is 146 Å². The fourth-order valence-corrected chi connectivity index (χ4v) is 2.62. The van der Waals surface area contributed by atoms with E-state index in [1.807, 2.05) is 6.92 Å². The number of hydrogen-bond donors (Lipinski definition) is 2. The van der Waals surface area contributed by atoms with E-state index in [4.69, 9.17) is 18.0 Å². The molecule has 6 heteroatoms. The predicted molar refractivity (Wildman–Crippen MR) is 100 cm³/mol. The molecule has 0 aliphatic rings. The summed E-state index contributed by atoms with van der Waals surface area (Å²) in [7, 11) is 0. The first-order valence-electron chi connectivity index (χ1n) is 7.82. The average molecular weight is 343 g/mol. The number of nitrogens with one attached hydrogen (secondary N) is 1. The standard InChI is InChI=1S/C18H21N3O2S/c1-3-5-15(21-11-4-6-12(2)18(21)23)17(22)20-14-9-7-13(8-10-14)16(19)24/h4,6-11,15H,3,5H2,1-2H3,(H2,19,24)(H,20,22). The smallest absolute Gasteiger partial charge is 0.254 e. The van der Waals surface area contributed by atoms with Crippen LogP contribution in [-0.2, 0) is 4.79 Å². The third-order valence-corrected chi connectivity index (χ3v) is 4.04. The fraction of sp³-hybridized carbons (Fsp3) is 0.278. The van der Waals surface area contributed by atoms with Crippen LogP contribution < -0.4 is 16.6 Å². The van der Waals surface area contributed by atoms with Crippen molar-refractivity contribution in [2.24, 2.45) is 5.73 Å². The summed E-state index contributed by atoms with van der Waals surface area (Å²) in [5.41, 5.74) is 7.42. The maximum absolute atomic E-state index is 12.7. The highest BCUT2D eigenvalue weighted by atomic mass is 32.1. The van der Waals surface area contributed by atoms with E-state index in [9.17, 15) is 9.59 Å². The lowest BCUT2D eigenvalue weighted by molar-refractivity contribution is -0.119. The van der Waals surface area contributed by atoms with E-state index < -0.39 is 6.04 Å². The zero-order chi connectivity index (χ0) is 17.7. The zero-order valence-corrected chi connectivity index (χ0v) is 14.6. The maximum Gasteiger partial charge on any atom is 0.254 e. The molecule has 0 aliphatic carbocycles. The van der Waals surface area contributed by atoms with E-state index in [2.05, 4.69) is 5.32 Å². The number of pyridine rings is 1. The number of amides is 1. The fourth-order valence-electron chi connectivity index (χ4n) is 2.48. The van der Waals surface area contributed by atoms with Gasteiger partial charge in [-0.1, -0.05) is 31.6 Å². The van der Waals surface area contributed by atoms with Crippen LogP contribution in [0.4, 0.5) is 5.69 Å². The minimum Gasteiger partial charge on any atom is -0.389 e. The molecular weight excluding hydrogens is 322 g/mol. The molecule has 0 saturated carbocycles. The largest absolute Gasteiger partial charge is 0.389 e. The Morgan fingerprint density at radius 1 is 1.29 bits per heavy atom. The Kier molecular flexibility index (Phi) is 5.87. The van der Waals surface area contributed by atoms with Gasteiger partial charge in [0, 0.05) is 23.0 Å². The second-order valence-electron chi connectivity index (χ2n) is 5.64. The second kappa shape index (κ2) is 7.88. The molecule has 0 bridgehead atoms. The first-order valence-corrected chi connectivity index (χ1v) is 8.23. The number of nitrogens with zero attached hydrogens (tertiary/aromatic N) is 1. The molecule has 0 saturated heterocycles. The summed E-state index contributed by atoms with van der Waals surface area (Å²) in [6.45, 7) is 3.73. The molecule has 1 aromatic heterocycles. The molecule has 2 aromatic rings. The van der Waals surface area contributed by atoms with Crippen LogP contribution in [0.3, 0.4) is 0 Å². The van der Waals surface area contributed by atoms with Crippen molar-refractivity contribution in [3.63, 3.8) is 0 Å². The minimum atomic E-state index is -0.544. The number of anilines is 1. The second-order valence-corrected chi connectivity index (χ2v) is 6.08. The topological polar surface area (TPSA) is 77.1 Å². The molecule has 0 aliphatic heterocycles. The van der Waals surface area contributed by atoms with Crippen LogP contribution in [0, 0.1) is 6.92 Å². The van der Waals surface area contributed by atoms with E-state index in [-0.39, 0.29) is 11.5 Å². The Hall–Kier alpha value is -2.47. The molecule has 1 unspecified atom stereocenters. The van der Waals surface area contributed by atoms with Crippen LogP contribution in [-0.4, -0.2) is 15.5 Å². The molecule has 0 spiro atoms. The van der Waals surface area contributed by atoms with Gasteiger partial charge < -0.3 is 15.6 Å². The molecule has 3 N–H and O–H groups in total. The first kappa shape index (κ1) is 17.9. The van der Waals surface area contributed by atoms with Crippen molar-refractivity contribution in [2.45, 2.75) is 32.7 Å². The SMILES string of the molecule is CCCC(C(=O)Nc1ccc(C(N)=S)cc1)n1cccc(C)c1=O. The number of thiocarbonyl (C=S) groups is 1. The molecule has 0 radical (unpaired) electrons. The summed E-state index contributed by atoms with van der Waals surface area (Å²) in [5, 5.41) is 2.86. The van der Waals surface area contributed by atoms with Crippen LogP contribution in [0.25, 0.3) is 0 Å². The predicted octanol–water partition coefficient (Wildman–Crippen LogP) is 2.77. The molecule has 1 atom stereocenters. The van der Waals surface area contributed by atoms with E-state index in [1.165, 1.54) is 4.57 Å². The molecule has 126 valence electrons. The van der Waals surface area contributed by atoms with Gasteiger partial charge in [0.05, 0.1) is 0 Å². The number of carbonyl (C=O) groups excluding carboxylic acids is 1. The third kappa shape index (κ3) is 4.08. The summed E-state index contributed by atoms with van der Waals surface area (Å²) >= 11 is 4.91. The number of benzene rings is 1. The quantitative estimate of drug-likeness (QED) is 0.791. The highest BCUT2D eigenvalue weighted by Gasteiger charge is 2.21. The average Bonchev–Trinajstić information content (AvgIpc) is 2.56. The number of aryl methyl sites for hydroxylation is 1. The van der Waals surface area contributed by atoms with Gasteiger partial charge in [-0.3, -0.25) is 9.59 Å². The van der Waals surface area contributed by atoms with Gasteiger partial charge in [-0.05, 0) is 43.7 Å². The molecule has 1 heterocycles. The van der Waals surface area contributed by atoms with Gasteiger partial charge in [0.15, 0.2) is 0 Å². The van der Waals surface area contributed by atoms with Crippen molar-refractivity contribution in [2.75, 3.05) is 5.32 Å². The number of nitrogens with two attached hydrogens (primary N) is 1. The monoisotopic (exact) mass is 343 g/mol. The Balaban J connectivity index is 2.24. The van der Waals surface area contributed by atoms with E-state index in [0.29, 0.717) is 22.7 Å². The Morgan fingerprint density at radius 3 is 2.54 bits per heavy atom. The van der Waals surface area contributed by atoms with Crippen molar-refractivity contribution in [1.29, 1.82) is 0 Å². The van der Waals surface area contributed by atoms with Gasteiger partial charge in [-0.2, -0.15) is 0 Å². The van der Waals surface area contributed by atoms with Gasteiger partial charge in [0.25, 0.3) is 5.56 Å². The van der Waals surface area contributed by atoms with E-state index >= 15 is 0 Å². The normalized spacial score (nSPS) is 11.8. The van der Waals surface area contributed by atoms with Crippen LogP contribution >= 0.6 is 12.2 Å². The molecule has 5 nitrogen and oxygen atoms in total. The highest BCUT2D eigenvalue weighted by molar-refractivity contribution is 7.80. The molecular formula is C18H21N3O2S. The molecule has 0 fully saturated rings. The van der Waals surface area contributed by atoms with Crippen LogP contribution in [0.15, 0.2) is 47.4 Å². The van der Waals surface area contributed by atoms with Gasteiger partial charge >= 0.3 is 0 Å². The van der Waals surface area contributed by atoms with Gasteiger partial charge in [-0.15, -0.1) is 0 Å². The maximum atomic E-state index is 12.7. The summed E-state index contributed by atoms with van der Waals surface area (Å²) < 4.78 is 1.50. The third-order valence-electron chi connectivity index (χ3n) is 3.80. The van der Waals surface area contributed by atoms with E-state index in [0.717, 1.165) is 12.0 Å². The van der Waals surface area contributed by atoms with Crippen LogP contribution in [0.5, 0.6) is 0 Å². The number of rotatable bonds is 6. The zero-order valence-electron chi connectivity index (χ0n) is 13.8. The Bertz CT molecular complexity index is 797. The van der Waals surface area contributed by atoms with Crippen LogP contribution in [0.1, 0.15) is 36.9 Å². The molecule has 2 rings (SSSR count). The van der Waals surface area contributed by atoms with Gasteiger partial charge in [0.1, 0.15) is 11.0 Å². The van der Waals surface area contributed by atoms with Crippen molar-refractivity contribution < 1.29 is 4.79 Å². The van der Waals surface area contributed by atoms with Gasteiger partial charge in [0.2, 0.25) is 5.91 Å². The number of aromatic nitrogens is 1. The lowest BCUT2D eigenvalue weighted by Gasteiger charge is -2.19. The lowest BCUT2D eigenvalue weighted by Crippen LogP contribution is -2.33. The summed E-state index contributed by atoms with van der Waals surface area (Å²) in [5.74, 6) is -0.215. The number of hydrogen-bond acceptors (Lipinski definition) is 3. The molecule has 24 heavy (non-hydrogen) atoms. The molecule has 1 aromatic carbocycles. The highest BCUT2D eigenvalue weighted by Crippen LogP contribution is 2.17. The molecule has 1 amide bonds. The summed E-state index contributed by atoms with van der Waals surface area (Å²) in [6, 6.07) is 9.98. The minimum absolute atomic E-state index is 0.144. The van der Waals surface area contributed by atoms with Crippen molar-refractivity contribution in [3.05, 3.63) is 64.1 Å².